The van der Waals surface area contributed by atoms with E-state index < -0.39 is 0 Å². The number of carbonyl (C=O) groups is 1. The van der Waals surface area contributed by atoms with Gasteiger partial charge in [-0.15, -0.1) is 11.3 Å². The maximum absolute atomic E-state index is 12.5. The minimum atomic E-state index is 0.160. The van der Waals surface area contributed by atoms with Crippen molar-refractivity contribution in [2.24, 2.45) is 10.7 Å². The normalized spacial score (nSPS) is 18.1. The molecule has 1 aromatic heterocycles. The van der Waals surface area contributed by atoms with Gasteiger partial charge in [-0.1, -0.05) is 18.2 Å². The molecular weight excluding hydrogens is 398 g/mol. The number of aromatic nitrogens is 1. The van der Waals surface area contributed by atoms with E-state index in [0.29, 0.717) is 18.9 Å². The average molecular weight is 428 g/mol. The first-order chi connectivity index (χ1) is 14.7. The van der Waals surface area contributed by atoms with Crippen LogP contribution in [0.1, 0.15) is 6.42 Å². The lowest BCUT2D eigenvalue weighted by Crippen LogP contribution is -2.51. The number of nitrogens with zero attached hydrogens (tertiary/aromatic N) is 6. The Kier molecular flexibility index (Phi) is 6.68. The standard InChI is InChI=1S/C21H29N7OS/c22-20(27-13-15-28(16-14-27)21-24-8-17-30-21)23-7-6-19(29)26-11-9-25(10-12-26)18-4-2-1-3-5-18/h1-5,8,17H,6-7,9-16H2,(H2,22,23). The predicted molar refractivity (Wildman–Crippen MR) is 122 cm³/mol. The Bertz CT molecular complexity index is 826. The van der Waals surface area contributed by atoms with Gasteiger partial charge < -0.3 is 25.3 Å². The number of aliphatic imine (C=N–C) groups is 1. The highest BCUT2D eigenvalue weighted by Gasteiger charge is 2.22. The molecule has 30 heavy (non-hydrogen) atoms. The lowest BCUT2D eigenvalue weighted by Gasteiger charge is -2.36. The quantitative estimate of drug-likeness (QED) is 0.573. The molecule has 0 unspecified atom stereocenters. The van der Waals surface area contributed by atoms with Gasteiger partial charge in [0.2, 0.25) is 5.91 Å². The number of benzene rings is 1. The molecule has 0 spiro atoms. The van der Waals surface area contributed by atoms with Crippen LogP contribution in [-0.4, -0.2) is 85.6 Å². The Morgan fingerprint density at radius 3 is 2.30 bits per heavy atom. The van der Waals surface area contributed by atoms with Crippen molar-refractivity contribution in [1.29, 1.82) is 0 Å². The fraction of sp³-hybridized carbons (Fsp3) is 0.476. The number of anilines is 2. The summed E-state index contributed by atoms with van der Waals surface area (Å²) < 4.78 is 0. The van der Waals surface area contributed by atoms with Crippen LogP contribution in [0, 0.1) is 0 Å². The minimum Gasteiger partial charge on any atom is -0.370 e. The van der Waals surface area contributed by atoms with Gasteiger partial charge in [0.15, 0.2) is 11.1 Å². The maximum Gasteiger partial charge on any atom is 0.224 e. The maximum atomic E-state index is 12.5. The molecule has 2 aliphatic heterocycles. The van der Waals surface area contributed by atoms with E-state index in [1.807, 2.05) is 34.7 Å². The summed E-state index contributed by atoms with van der Waals surface area (Å²) in [6.45, 7) is 7.10. The summed E-state index contributed by atoms with van der Waals surface area (Å²) in [5.41, 5.74) is 7.39. The summed E-state index contributed by atoms with van der Waals surface area (Å²) in [7, 11) is 0. The summed E-state index contributed by atoms with van der Waals surface area (Å²) in [5.74, 6) is 0.698. The van der Waals surface area contributed by atoms with Gasteiger partial charge in [0, 0.05) is 76.0 Å². The van der Waals surface area contributed by atoms with E-state index in [-0.39, 0.29) is 5.91 Å². The molecule has 2 N–H and O–H groups in total. The molecule has 0 aliphatic carbocycles. The van der Waals surface area contributed by atoms with Crippen LogP contribution < -0.4 is 15.5 Å². The number of piperazine rings is 2. The zero-order valence-corrected chi connectivity index (χ0v) is 18.0. The minimum absolute atomic E-state index is 0.160. The number of hydrogen-bond acceptors (Lipinski definition) is 6. The third-order valence-corrected chi connectivity index (χ3v) is 6.48. The molecule has 8 nitrogen and oxygen atoms in total. The molecule has 4 rings (SSSR count). The first-order valence-electron chi connectivity index (χ1n) is 10.5. The van der Waals surface area contributed by atoms with E-state index in [2.05, 4.69) is 36.8 Å². The Hall–Kier alpha value is -2.81. The molecule has 3 heterocycles. The van der Waals surface area contributed by atoms with Crippen LogP contribution in [-0.2, 0) is 4.79 Å². The van der Waals surface area contributed by atoms with Crippen LogP contribution in [0.3, 0.4) is 0 Å². The van der Waals surface area contributed by atoms with Gasteiger partial charge in [-0.3, -0.25) is 9.79 Å². The highest BCUT2D eigenvalue weighted by molar-refractivity contribution is 7.13. The SMILES string of the molecule is NC(=NCCC(=O)N1CCN(c2ccccc2)CC1)N1CCN(c2nccs2)CC1. The number of nitrogens with two attached hydrogens (primary N) is 1. The molecule has 0 radical (unpaired) electrons. The lowest BCUT2D eigenvalue weighted by atomic mass is 10.2. The second-order valence-electron chi connectivity index (χ2n) is 7.48. The van der Waals surface area contributed by atoms with Crippen molar-refractivity contribution >= 4 is 34.0 Å². The van der Waals surface area contributed by atoms with Gasteiger partial charge in [-0.25, -0.2) is 4.98 Å². The summed E-state index contributed by atoms with van der Waals surface area (Å²) in [6.07, 6.45) is 2.24. The van der Waals surface area contributed by atoms with E-state index in [0.717, 1.165) is 57.5 Å². The van der Waals surface area contributed by atoms with Gasteiger partial charge in [0.25, 0.3) is 0 Å². The molecule has 2 aliphatic rings. The van der Waals surface area contributed by atoms with Crippen molar-refractivity contribution in [2.45, 2.75) is 6.42 Å². The van der Waals surface area contributed by atoms with Crippen molar-refractivity contribution in [3.05, 3.63) is 41.9 Å². The monoisotopic (exact) mass is 427 g/mol. The molecule has 2 saturated heterocycles. The van der Waals surface area contributed by atoms with Crippen LogP contribution in [0.5, 0.6) is 0 Å². The molecular formula is C21H29N7OS. The Morgan fingerprint density at radius 2 is 1.63 bits per heavy atom. The molecule has 0 atom stereocenters. The van der Waals surface area contributed by atoms with Crippen LogP contribution in [0.25, 0.3) is 0 Å². The summed E-state index contributed by atoms with van der Waals surface area (Å²) in [5, 5.41) is 3.05. The highest BCUT2D eigenvalue weighted by atomic mass is 32.1. The topological polar surface area (TPSA) is 81.3 Å². The van der Waals surface area contributed by atoms with E-state index in [1.54, 1.807) is 11.3 Å². The van der Waals surface area contributed by atoms with Gasteiger partial charge in [-0.2, -0.15) is 0 Å². The Morgan fingerprint density at radius 1 is 0.967 bits per heavy atom. The number of thiazole rings is 1. The van der Waals surface area contributed by atoms with Gasteiger partial charge in [-0.05, 0) is 12.1 Å². The molecule has 0 bridgehead atoms. The Labute approximate surface area is 181 Å². The first-order valence-corrected chi connectivity index (χ1v) is 11.4. The molecule has 1 amide bonds. The van der Waals surface area contributed by atoms with Crippen LogP contribution in [0.2, 0.25) is 0 Å². The number of carbonyl (C=O) groups excluding carboxylic acids is 1. The largest absolute Gasteiger partial charge is 0.370 e. The number of amides is 1. The van der Waals surface area contributed by atoms with Crippen molar-refractivity contribution in [3.63, 3.8) is 0 Å². The fourth-order valence-corrected chi connectivity index (χ4v) is 4.57. The first kappa shape index (κ1) is 20.5. The molecule has 0 saturated carbocycles. The summed E-state index contributed by atoms with van der Waals surface area (Å²) >= 11 is 1.66. The molecule has 160 valence electrons. The second kappa shape index (κ2) is 9.80. The average Bonchev–Trinajstić information content (AvgIpc) is 3.35. The van der Waals surface area contributed by atoms with Gasteiger partial charge in [0.1, 0.15) is 0 Å². The van der Waals surface area contributed by atoms with Crippen molar-refractivity contribution in [2.75, 3.05) is 68.7 Å². The third-order valence-electron chi connectivity index (χ3n) is 5.65. The molecule has 2 aromatic rings. The van der Waals surface area contributed by atoms with Crippen LogP contribution in [0.4, 0.5) is 10.8 Å². The van der Waals surface area contributed by atoms with Crippen molar-refractivity contribution < 1.29 is 4.79 Å². The van der Waals surface area contributed by atoms with Crippen molar-refractivity contribution in [1.82, 2.24) is 14.8 Å². The van der Waals surface area contributed by atoms with Gasteiger partial charge in [0.05, 0.1) is 6.54 Å². The van der Waals surface area contributed by atoms with Crippen LogP contribution >= 0.6 is 11.3 Å². The third kappa shape index (κ3) is 5.02. The number of rotatable bonds is 5. The number of para-hydroxylation sites is 1. The van der Waals surface area contributed by atoms with E-state index in [9.17, 15) is 4.79 Å². The second-order valence-corrected chi connectivity index (χ2v) is 8.36. The zero-order chi connectivity index (χ0) is 20.8. The lowest BCUT2D eigenvalue weighted by molar-refractivity contribution is -0.131. The van der Waals surface area contributed by atoms with Crippen LogP contribution in [0.15, 0.2) is 46.9 Å². The van der Waals surface area contributed by atoms with Gasteiger partial charge >= 0.3 is 0 Å². The number of hydrogen-bond donors (Lipinski definition) is 1. The number of guanidine groups is 1. The van der Waals surface area contributed by atoms with Crippen molar-refractivity contribution in [3.8, 4) is 0 Å². The molecule has 1 aromatic carbocycles. The molecule has 2 fully saturated rings. The predicted octanol–water partition coefficient (Wildman–Crippen LogP) is 1.32. The smallest absolute Gasteiger partial charge is 0.224 e. The summed E-state index contributed by atoms with van der Waals surface area (Å²) in [4.78, 5) is 30.0. The van der Waals surface area contributed by atoms with E-state index in [1.165, 1.54) is 5.69 Å². The molecule has 9 heteroatoms. The highest BCUT2D eigenvalue weighted by Crippen LogP contribution is 2.19. The summed E-state index contributed by atoms with van der Waals surface area (Å²) in [6, 6.07) is 10.4. The van der Waals surface area contributed by atoms with E-state index >= 15 is 0 Å². The van der Waals surface area contributed by atoms with E-state index in [4.69, 9.17) is 5.73 Å². The Balaban J connectivity index is 1.18. The zero-order valence-electron chi connectivity index (χ0n) is 17.2. The fourth-order valence-electron chi connectivity index (χ4n) is 3.88.